The molecular formula is C12H20N6. The van der Waals surface area contributed by atoms with Gasteiger partial charge in [-0.3, -0.25) is 0 Å². The van der Waals surface area contributed by atoms with E-state index in [1.807, 2.05) is 10.6 Å². The quantitative estimate of drug-likeness (QED) is 0.828. The number of hydrogen-bond donors (Lipinski definition) is 2. The van der Waals surface area contributed by atoms with Crippen molar-refractivity contribution in [2.24, 2.45) is 0 Å². The molecule has 2 aromatic heterocycles. The van der Waals surface area contributed by atoms with E-state index in [1.165, 1.54) is 0 Å². The Morgan fingerprint density at radius 3 is 3.00 bits per heavy atom. The van der Waals surface area contributed by atoms with Gasteiger partial charge in [-0.05, 0) is 34.0 Å². The lowest BCUT2D eigenvalue weighted by Gasteiger charge is -2.17. The van der Waals surface area contributed by atoms with Crippen LogP contribution in [0.3, 0.4) is 0 Å². The summed E-state index contributed by atoms with van der Waals surface area (Å²) in [5.74, 6) is 1.23. The maximum Gasteiger partial charge on any atom is 0.180 e. The van der Waals surface area contributed by atoms with Crippen LogP contribution in [-0.4, -0.2) is 46.0 Å². The third kappa shape index (κ3) is 2.89. The van der Waals surface area contributed by atoms with Crippen LogP contribution < -0.4 is 11.1 Å². The monoisotopic (exact) mass is 248 g/mol. The van der Waals surface area contributed by atoms with Crippen LogP contribution in [0.2, 0.25) is 0 Å². The fourth-order valence-corrected chi connectivity index (χ4v) is 1.81. The van der Waals surface area contributed by atoms with E-state index in [0.29, 0.717) is 11.9 Å². The zero-order chi connectivity index (χ0) is 13.1. The number of rotatable bonds is 5. The minimum absolute atomic E-state index is 0.321. The average molecular weight is 248 g/mol. The van der Waals surface area contributed by atoms with Gasteiger partial charge in [0.25, 0.3) is 0 Å². The lowest BCUT2D eigenvalue weighted by Crippen LogP contribution is -2.23. The molecule has 0 saturated carbocycles. The lowest BCUT2D eigenvalue weighted by molar-refractivity contribution is 0.390. The van der Waals surface area contributed by atoms with E-state index in [9.17, 15) is 0 Å². The fourth-order valence-electron chi connectivity index (χ4n) is 1.81. The van der Waals surface area contributed by atoms with Crippen LogP contribution in [0.5, 0.6) is 0 Å². The Morgan fingerprint density at radius 2 is 2.28 bits per heavy atom. The highest BCUT2D eigenvalue weighted by molar-refractivity contribution is 5.65. The van der Waals surface area contributed by atoms with Gasteiger partial charge in [0.15, 0.2) is 11.5 Å². The van der Waals surface area contributed by atoms with Crippen LogP contribution in [0.1, 0.15) is 13.3 Å². The van der Waals surface area contributed by atoms with Crippen molar-refractivity contribution in [3.8, 4) is 0 Å². The van der Waals surface area contributed by atoms with Crippen LogP contribution in [0.4, 0.5) is 11.6 Å². The summed E-state index contributed by atoms with van der Waals surface area (Å²) in [6.07, 6.45) is 6.41. The van der Waals surface area contributed by atoms with Gasteiger partial charge in [-0.25, -0.2) is 9.97 Å². The van der Waals surface area contributed by atoms with Crippen LogP contribution in [0.25, 0.3) is 5.65 Å². The van der Waals surface area contributed by atoms with E-state index >= 15 is 0 Å². The van der Waals surface area contributed by atoms with Crippen LogP contribution >= 0.6 is 0 Å². The minimum Gasteiger partial charge on any atom is -0.382 e. The Hall–Kier alpha value is -1.82. The molecule has 0 spiro atoms. The molecule has 98 valence electrons. The molecule has 1 atom stereocenters. The van der Waals surface area contributed by atoms with Gasteiger partial charge in [0.05, 0.1) is 6.20 Å². The fraction of sp³-hybridized carbons (Fsp3) is 0.500. The zero-order valence-corrected chi connectivity index (χ0v) is 11.1. The Bertz CT molecular complexity index is 518. The molecule has 1 unspecified atom stereocenters. The van der Waals surface area contributed by atoms with E-state index < -0.39 is 0 Å². The van der Waals surface area contributed by atoms with E-state index in [4.69, 9.17) is 5.73 Å². The normalized spacial score (nSPS) is 13.1. The van der Waals surface area contributed by atoms with Crippen LogP contribution in [0, 0.1) is 0 Å². The molecule has 0 saturated heterocycles. The first-order valence-corrected chi connectivity index (χ1v) is 6.06. The summed E-state index contributed by atoms with van der Waals surface area (Å²) >= 11 is 0. The van der Waals surface area contributed by atoms with E-state index in [-0.39, 0.29) is 0 Å². The predicted molar refractivity (Wildman–Crippen MR) is 73.7 cm³/mol. The standard InChI is InChI=1S/C12H20N6/c1-9(4-6-17(2)3)15-11-12-14-5-7-18(12)8-10(13)16-11/h5,7-9H,4,6,13H2,1-3H3,(H,15,16). The van der Waals surface area contributed by atoms with Crippen LogP contribution in [0.15, 0.2) is 18.6 Å². The molecule has 0 aliphatic heterocycles. The smallest absolute Gasteiger partial charge is 0.180 e. The number of nitrogens with one attached hydrogen (secondary N) is 1. The summed E-state index contributed by atoms with van der Waals surface area (Å²) < 4.78 is 1.88. The number of nitrogens with two attached hydrogens (primary N) is 1. The van der Waals surface area contributed by atoms with Crippen molar-refractivity contribution in [3.05, 3.63) is 18.6 Å². The first-order valence-electron chi connectivity index (χ1n) is 6.06. The molecule has 2 rings (SSSR count). The largest absolute Gasteiger partial charge is 0.382 e. The molecule has 0 fully saturated rings. The van der Waals surface area contributed by atoms with Crippen molar-refractivity contribution < 1.29 is 0 Å². The summed E-state index contributed by atoms with van der Waals surface area (Å²) in [5.41, 5.74) is 6.58. The van der Waals surface area contributed by atoms with Gasteiger partial charge in [-0.15, -0.1) is 0 Å². The molecule has 2 heterocycles. The molecule has 2 aromatic rings. The van der Waals surface area contributed by atoms with E-state index in [2.05, 4.69) is 41.2 Å². The van der Waals surface area contributed by atoms with Gasteiger partial charge in [0, 0.05) is 18.4 Å². The number of nitrogen functional groups attached to an aromatic ring is 1. The third-order valence-corrected chi connectivity index (χ3v) is 2.79. The molecule has 18 heavy (non-hydrogen) atoms. The average Bonchev–Trinajstić information content (AvgIpc) is 2.74. The SMILES string of the molecule is CC(CCN(C)C)Nc1nc(N)cn2ccnc12. The number of fused-ring (bicyclic) bond motifs is 1. The second-order valence-electron chi connectivity index (χ2n) is 4.81. The molecule has 0 amide bonds. The number of anilines is 2. The minimum atomic E-state index is 0.321. The second kappa shape index (κ2) is 5.22. The number of imidazole rings is 1. The summed E-state index contributed by atoms with van der Waals surface area (Å²) in [5, 5.41) is 3.37. The molecule has 0 aliphatic carbocycles. The highest BCUT2D eigenvalue weighted by atomic mass is 15.1. The Kier molecular flexibility index (Phi) is 3.66. The van der Waals surface area contributed by atoms with Gasteiger partial charge < -0.3 is 20.4 Å². The topological polar surface area (TPSA) is 71.5 Å². The molecule has 0 aliphatic rings. The van der Waals surface area contributed by atoms with Crippen LogP contribution in [-0.2, 0) is 0 Å². The lowest BCUT2D eigenvalue weighted by atomic mass is 10.2. The summed E-state index contributed by atoms with van der Waals surface area (Å²) in [6.45, 7) is 3.16. The molecule has 6 heteroatoms. The Balaban J connectivity index is 2.13. The summed E-state index contributed by atoms with van der Waals surface area (Å²) in [4.78, 5) is 10.8. The molecular weight excluding hydrogens is 228 g/mol. The van der Waals surface area contributed by atoms with Gasteiger partial charge in [-0.2, -0.15) is 0 Å². The number of nitrogens with zero attached hydrogens (tertiary/aromatic N) is 4. The van der Waals surface area contributed by atoms with Gasteiger partial charge >= 0.3 is 0 Å². The zero-order valence-electron chi connectivity index (χ0n) is 11.1. The predicted octanol–water partition coefficient (Wildman–Crippen LogP) is 1.06. The molecule has 0 radical (unpaired) electrons. The third-order valence-electron chi connectivity index (χ3n) is 2.79. The molecule has 0 bridgehead atoms. The van der Waals surface area contributed by atoms with Crippen molar-refractivity contribution in [2.45, 2.75) is 19.4 Å². The molecule has 3 N–H and O–H groups in total. The van der Waals surface area contributed by atoms with Crippen molar-refractivity contribution >= 4 is 17.3 Å². The summed E-state index contributed by atoms with van der Waals surface area (Å²) in [6, 6.07) is 0.321. The Morgan fingerprint density at radius 1 is 1.50 bits per heavy atom. The van der Waals surface area contributed by atoms with E-state index in [1.54, 1.807) is 12.4 Å². The maximum atomic E-state index is 5.77. The first-order chi connectivity index (χ1) is 8.56. The van der Waals surface area contributed by atoms with Gasteiger partial charge in [0.2, 0.25) is 0 Å². The van der Waals surface area contributed by atoms with Gasteiger partial charge in [-0.1, -0.05) is 0 Å². The van der Waals surface area contributed by atoms with Crippen molar-refractivity contribution in [3.63, 3.8) is 0 Å². The summed E-state index contributed by atoms with van der Waals surface area (Å²) in [7, 11) is 4.14. The molecule has 6 nitrogen and oxygen atoms in total. The number of aromatic nitrogens is 3. The molecule has 0 aromatic carbocycles. The number of hydrogen-bond acceptors (Lipinski definition) is 5. The van der Waals surface area contributed by atoms with Crippen molar-refractivity contribution in [1.82, 2.24) is 19.3 Å². The second-order valence-corrected chi connectivity index (χ2v) is 4.81. The van der Waals surface area contributed by atoms with Crippen molar-refractivity contribution in [2.75, 3.05) is 31.7 Å². The highest BCUT2D eigenvalue weighted by Gasteiger charge is 2.09. The Labute approximate surface area is 107 Å². The van der Waals surface area contributed by atoms with Crippen molar-refractivity contribution in [1.29, 1.82) is 0 Å². The van der Waals surface area contributed by atoms with E-state index in [0.717, 1.165) is 24.4 Å². The van der Waals surface area contributed by atoms with Gasteiger partial charge in [0.1, 0.15) is 5.82 Å². The maximum absolute atomic E-state index is 5.77. The first kappa shape index (κ1) is 12.6. The highest BCUT2D eigenvalue weighted by Crippen LogP contribution is 2.16.